The summed E-state index contributed by atoms with van der Waals surface area (Å²) < 4.78 is 12.0. The van der Waals surface area contributed by atoms with Gasteiger partial charge in [-0.3, -0.25) is 9.59 Å². The van der Waals surface area contributed by atoms with Crippen molar-refractivity contribution in [3.8, 4) is 17.2 Å². The van der Waals surface area contributed by atoms with Crippen LogP contribution in [-0.4, -0.2) is 52.8 Å². The number of likely N-dealkylation sites (N-methyl/N-ethyl adjacent to an activating group) is 1. The lowest BCUT2D eigenvalue weighted by atomic mass is 9.95. The monoisotopic (exact) mass is 590 g/mol. The first-order chi connectivity index (χ1) is 21.4. The van der Waals surface area contributed by atoms with Crippen LogP contribution in [0, 0.1) is 6.92 Å². The summed E-state index contributed by atoms with van der Waals surface area (Å²) in [4.78, 5) is 30.8. The molecule has 7 heteroatoms. The molecule has 1 saturated heterocycles. The van der Waals surface area contributed by atoms with Crippen LogP contribution >= 0.6 is 0 Å². The molecule has 5 rings (SSSR count). The molecule has 4 aromatic carbocycles. The van der Waals surface area contributed by atoms with Crippen LogP contribution in [-0.2, 0) is 16.2 Å². The summed E-state index contributed by atoms with van der Waals surface area (Å²) in [5.74, 6) is 0.309. The summed E-state index contributed by atoms with van der Waals surface area (Å²) in [6, 6.07) is 31.0. The smallest absolute Gasteiger partial charge is 0.295 e. The third-order valence-electron chi connectivity index (χ3n) is 7.86. The van der Waals surface area contributed by atoms with E-state index in [2.05, 4.69) is 24.8 Å². The van der Waals surface area contributed by atoms with Crippen molar-refractivity contribution in [3.05, 3.63) is 131 Å². The molecule has 4 aromatic rings. The first kappa shape index (κ1) is 30.6. The lowest BCUT2D eigenvalue weighted by molar-refractivity contribution is -0.140. The summed E-state index contributed by atoms with van der Waals surface area (Å²) >= 11 is 0. The number of likely N-dealkylation sites (tertiary alicyclic amines) is 1. The maximum absolute atomic E-state index is 13.5. The van der Waals surface area contributed by atoms with Crippen molar-refractivity contribution in [1.82, 2.24) is 9.80 Å². The van der Waals surface area contributed by atoms with Gasteiger partial charge in [-0.2, -0.15) is 0 Å². The second-order valence-corrected chi connectivity index (χ2v) is 10.8. The van der Waals surface area contributed by atoms with Crippen molar-refractivity contribution < 1.29 is 24.2 Å². The van der Waals surface area contributed by atoms with Crippen molar-refractivity contribution in [3.63, 3.8) is 0 Å². The van der Waals surface area contributed by atoms with E-state index in [1.165, 1.54) is 0 Å². The highest BCUT2D eigenvalue weighted by Gasteiger charge is 2.46. The number of ketones is 1. The molecule has 7 nitrogen and oxygen atoms in total. The van der Waals surface area contributed by atoms with E-state index < -0.39 is 17.7 Å². The van der Waals surface area contributed by atoms with Gasteiger partial charge in [-0.15, -0.1) is 0 Å². The zero-order valence-electron chi connectivity index (χ0n) is 25.4. The van der Waals surface area contributed by atoms with E-state index in [0.29, 0.717) is 48.1 Å². The van der Waals surface area contributed by atoms with E-state index in [9.17, 15) is 14.7 Å². The summed E-state index contributed by atoms with van der Waals surface area (Å²) in [6.07, 6.45) is 0. The predicted octanol–water partition coefficient (Wildman–Crippen LogP) is 7.13. The van der Waals surface area contributed by atoms with Crippen LogP contribution in [0.15, 0.2) is 109 Å². The van der Waals surface area contributed by atoms with E-state index in [4.69, 9.17) is 9.47 Å². The summed E-state index contributed by atoms with van der Waals surface area (Å²) in [7, 11) is 0. The van der Waals surface area contributed by atoms with Gasteiger partial charge in [-0.25, -0.2) is 0 Å². The maximum atomic E-state index is 13.5. The number of Topliss-reactive ketones (excluding diaryl/α,β-unsaturated/α-hetero) is 1. The normalized spacial score (nSPS) is 16.0. The van der Waals surface area contributed by atoms with Crippen molar-refractivity contribution in [2.24, 2.45) is 0 Å². The molecule has 1 amide bonds. The Bertz CT molecular complexity index is 1630. The van der Waals surface area contributed by atoms with Crippen LogP contribution in [0.3, 0.4) is 0 Å². The topological polar surface area (TPSA) is 79.3 Å². The Kier molecular flexibility index (Phi) is 9.77. The highest BCUT2D eigenvalue weighted by molar-refractivity contribution is 6.46. The number of carbonyl (C=O) groups is 2. The molecule has 1 unspecified atom stereocenters. The number of nitrogens with zero attached hydrogens (tertiary/aromatic N) is 2. The minimum atomic E-state index is -0.776. The fraction of sp³-hybridized carbons (Fsp3) is 0.243. The quantitative estimate of drug-likeness (QED) is 0.107. The fourth-order valence-corrected chi connectivity index (χ4v) is 5.45. The Morgan fingerprint density at radius 2 is 1.52 bits per heavy atom. The first-order valence-corrected chi connectivity index (χ1v) is 15.0. The molecular weight excluding hydrogens is 552 g/mol. The SMILES string of the molecule is CCN(CC)CCN1C(=O)C(=O)/C(=C(/O)c2ccc(OCc3cccc(C)c3)cc2)C1c1cccc(Oc2ccccc2)c1. The highest BCUT2D eigenvalue weighted by Crippen LogP contribution is 2.40. The van der Waals surface area contributed by atoms with Crippen molar-refractivity contribution >= 4 is 17.4 Å². The van der Waals surface area contributed by atoms with Crippen LogP contribution < -0.4 is 9.47 Å². The average Bonchev–Trinajstić information content (AvgIpc) is 3.30. The molecule has 0 bridgehead atoms. The molecule has 0 saturated carbocycles. The van der Waals surface area contributed by atoms with Gasteiger partial charge in [0, 0.05) is 18.7 Å². The molecule has 0 radical (unpaired) electrons. The van der Waals surface area contributed by atoms with E-state index >= 15 is 0 Å². The van der Waals surface area contributed by atoms with E-state index in [1.54, 1.807) is 29.2 Å². The number of amides is 1. The number of ether oxygens (including phenoxy) is 2. The minimum absolute atomic E-state index is 0.0554. The van der Waals surface area contributed by atoms with Gasteiger partial charge >= 0.3 is 0 Å². The number of hydrogen-bond donors (Lipinski definition) is 1. The van der Waals surface area contributed by atoms with Crippen molar-refractivity contribution in [2.75, 3.05) is 26.2 Å². The number of aliphatic hydroxyl groups excluding tert-OH is 1. The lowest BCUT2D eigenvalue weighted by Crippen LogP contribution is -2.38. The van der Waals surface area contributed by atoms with Crippen LogP contribution in [0.2, 0.25) is 0 Å². The molecule has 1 heterocycles. The van der Waals surface area contributed by atoms with Gasteiger partial charge in [0.05, 0.1) is 11.6 Å². The number of aryl methyl sites for hydroxylation is 1. The fourth-order valence-electron chi connectivity index (χ4n) is 5.45. The maximum Gasteiger partial charge on any atom is 0.295 e. The number of aliphatic hydroxyl groups is 1. The van der Waals surface area contributed by atoms with Gasteiger partial charge in [0.25, 0.3) is 11.7 Å². The summed E-state index contributed by atoms with van der Waals surface area (Å²) in [6.45, 7) is 9.16. The van der Waals surface area contributed by atoms with Gasteiger partial charge < -0.3 is 24.4 Å². The third kappa shape index (κ3) is 7.01. The van der Waals surface area contributed by atoms with E-state index in [1.807, 2.05) is 79.7 Å². The summed E-state index contributed by atoms with van der Waals surface area (Å²) in [5, 5.41) is 11.6. The average molecular weight is 591 g/mol. The number of para-hydroxylation sites is 1. The van der Waals surface area contributed by atoms with Gasteiger partial charge in [0.1, 0.15) is 29.6 Å². The van der Waals surface area contributed by atoms with Gasteiger partial charge in [-0.05, 0) is 79.7 Å². The zero-order chi connectivity index (χ0) is 31.1. The van der Waals surface area contributed by atoms with Gasteiger partial charge in [0.2, 0.25) is 0 Å². The molecule has 0 aromatic heterocycles. The van der Waals surface area contributed by atoms with Crippen LogP contribution in [0.25, 0.3) is 5.76 Å². The minimum Gasteiger partial charge on any atom is -0.507 e. The molecule has 1 N–H and O–H groups in total. The molecule has 44 heavy (non-hydrogen) atoms. The Morgan fingerprint density at radius 1 is 0.818 bits per heavy atom. The largest absolute Gasteiger partial charge is 0.507 e. The molecule has 0 aliphatic carbocycles. The predicted molar refractivity (Wildman–Crippen MR) is 172 cm³/mol. The Balaban J connectivity index is 1.47. The second-order valence-electron chi connectivity index (χ2n) is 10.8. The van der Waals surface area contributed by atoms with Crippen LogP contribution in [0.1, 0.15) is 42.1 Å². The first-order valence-electron chi connectivity index (χ1n) is 15.0. The molecule has 1 fully saturated rings. The second kappa shape index (κ2) is 14.1. The standard InChI is InChI=1S/C37H38N2O5/c1-4-38(5-2)21-22-39-34(29-13-10-16-32(24-29)44-31-14-7-6-8-15-31)33(36(41)37(39)42)35(40)28-17-19-30(20-18-28)43-25-27-12-9-11-26(3)23-27/h6-20,23-24,34,40H,4-5,21-22,25H2,1-3H3/b35-33+. The molecule has 1 aliphatic rings. The van der Waals surface area contributed by atoms with Gasteiger partial charge in [-0.1, -0.05) is 74.0 Å². The lowest BCUT2D eigenvalue weighted by Gasteiger charge is -2.28. The number of rotatable bonds is 12. The van der Waals surface area contributed by atoms with Crippen LogP contribution in [0.4, 0.5) is 0 Å². The zero-order valence-corrected chi connectivity index (χ0v) is 25.4. The molecule has 0 spiro atoms. The van der Waals surface area contributed by atoms with Crippen molar-refractivity contribution in [2.45, 2.75) is 33.4 Å². The molecule has 1 aliphatic heterocycles. The van der Waals surface area contributed by atoms with Gasteiger partial charge in [0.15, 0.2) is 0 Å². The highest BCUT2D eigenvalue weighted by atomic mass is 16.5. The van der Waals surface area contributed by atoms with E-state index in [0.717, 1.165) is 24.2 Å². The number of benzene rings is 4. The Labute approximate surface area is 259 Å². The van der Waals surface area contributed by atoms with E-state index in [-0.39, 0.29) is 11.3 Å². The van der Waals surface area contributed by atoms with Crippen LogP contribution in [0.5, 0.6) is 17.2 Å². The van der Waals surface area contributed by atoms with Crippen molar-refractivity contribution in [1.29, 1.82) is 0 Å². The molecular formula is C37H38N2O5. The number of hydrogen-bond acceptors (Lipinski definition) is 6. The third-order valence-corrected chi connectivity index (χ3v) is 7.86. The Morgan fingerprint density at radius 3 is 2.23 bits per heavy atom. The summed E-state index contributed by atoms with van der Waals surface area (Å²) in [5.41, 5.74) is 3.37. The Hall–Kier alpha value is -4.88. The molecule has 1 atom stereocenters. The molecule has 226 valence electrons. The number of carbonyl (C=O) groups excluding carboxylic acids is 2.